The number of rotatable bonds is 4. The van der Waals surface area contributed by atoms with Crippen LogP contribution in [0.4, 0.5) is 0 Å². The number of hydrogen-bond donors (Lipinski definition) is 0. The summed E-state index contributed by atoms with van der Waals surface area (Å²) in [5, 5.41) is 13.2. The fourth-order valence-electron chi connectivity index (χ4n) is 2.88. The van der Waals surface area contributed by atoms with E-state index in [4.69, 9.17) is 5.26 Å². The number of carbonyl (C=O) groups excluding carboxylic acids is 2. The molecule has 1 aliphatic rings. The second kappa shape index (κ2) is 6.05. The number of likely N-dealkylation sites (tertiary alicyclic amines) is 1. The zero-order chi connectivity index (χ0) is 16.4. The van der Waals surface area contributed by atoms with Gasteiger partial charge in [0.15, 0.2) is 0 Å². The van der Waals surface area contributed by atoms with Crippen LogP contribution in [0.15, 0.2) is 36.7 Å². The van der Waals surface area contributed by atoms with E-state index in [-0.39, 0.29) is 30.7 Å². The van der Waals surface area contributed by atoms with Gasteiger partial charge in [0.25, 0.3) is 0 Å². The molecule has 0 aliphatic carbocycles. The monoisotopic (exact) mass is 308 g/mol. The van der Waals surface area contributed by atoms with Gasteiger partial charge in [-0.2, -0.15) is 10.4 Å². The van der Waals surface area contributed by atoms with Gasteiger partial charge in [-0.05, 0) is 23.6 Å². The molecule has 0 radical (unpaired) electrons. The van der Waals surface area contributed by atoms with E-state index < -0.39 is 0 Å². The van der Waals surface area contributed by atoms with E-state index in [9.17, 15) is 9.59 Å². The summed E-state index contributed by atoms with van der Waals surface area (Å²) in [4.78, 5) is 26.0. The minimum Gasteiger partial charge on any atom is -0.278 e. The predicted octanol–water partition coefficient (Wildman–Crippen LogP) is 1.41. The Morgan fingerprint density at radius 1 is 1.35 bits per heavy atom. The van der Waals surface area contributed by atoms with Crippen LogP contribution >= 0.6 is 0 Å². The SMILES string of the molecule is Cn1cc(C[C@H]2CC(=O)N(Cc3ccccc3C#N)C2=O)cn1. The van der Waals surface area contributed by atoms with Gasteiger partial charge >= 0.3 is 0 Å². The Morgan fingerprint density at radius 3 is 2.83 bits per heavy atom. The molecule has 1 aromatic heterocycles. The molecule has 6 heteroatoms. The first-order valence-electron chi connectivity index (χ1n) is 7.38. The number of carbonyl (C=O) groups is 2. The van der Waals surface area contributed by atoms with Crippen LogP contribution in [0.1, 0.15) is 23.1 Å². The summed E-state index contributed by atoms with van der Waals surface area (Å²) in [7, 11) is 1.82. The van der Waals surface area contributed by atoms with Crippen molar-refractivity contribution >= 4 is 11.8 Å². The van der Waals surface area contributed by atoms with E-state index in [1.165, 1.54) is 4.90 Å². The summed E-state index contributed by atoms with van der Waals surface area (Å²) in [6, 6.07) is 9.12. The van der Waals surface area contributed by atoms with Crippen LogP contribution in [-0.4, -0.2) is 26.5 Å². The van der Waals surface area contributed by atoms with Gasteiger partial charge in [0.2, 0.25) is 11.8 Å². The quantitative estimate of drug-likeness (QED) is 0.800. The molecule has 1 aromatic carbocycles. The van der Waals surface area contributed by atoms with Crippen LogP contribution < -0.4 is 0 Å². The predicted molar refractivity (Wildman–Crippen MR) is 81.7 cm³/mol. The van der Waals surface area contributed by atoms with Gasteiger partial charge in [0.05, 0.1) is 30.3 Å². The number of aromatic nitrogens is 2. The van der Waals surface area contributed by atoms with Crippen molar-refractivity contribution in [2.75, 3.05) is 0 Å². The molecule has 0 unspecified atom stereocenters. The van der Waals surface area contributed by atoms with Crippen molar-refractivity contribution < 1.29 is 9.59 Å². The van der Waals surface area contributed by atoms with Crippen LogP contribution in [-0.2, 0) is 29.6 Å². The van der Waals surface area contributed by atoms with E-state index in [0.29, 0.717) is 17.5 Å². The van der Waals surface area contributed by atoms with Crippen molar-refractivity contribution in [3.05, 3.63) is 53.3 Å². The number of aryl methyl sites for hydroxylation is 1. The van der Waals surface area contributed by atoms with Crippen LogP contribution in [0.2, 0.25) is 0 Å². The second-order valence-electron chi connectivity index (χ2n) is 5.71. The molecule has 2 heterocycles. The lowest BCUT2D eigenvalue weighted by atomic mass is 10.0. The second-order valence-corrected chi connectivity index (χ2v) is 5.71. The standard InChI is InChI=1S/C17H16N4O2/c1-20-10-12(9-19-20)6-15-7-16(22)21(17(15)23)11-14-5-3-2-4-13(14)8-18/h2-5,9-10,15H,6-7,11H2,1H3/t15-/m0/s1. The lowest BCUT2D eigenvalue weighted by Gasteiger charge is -2.15. The first kappa shape index (κ1) is 15.0. The number of nitrogens with zero attached hydrogens (tertiary/aromatic N) is 4. The molecule has 0 spiro atoms. The van der Waals surface area contributed by atoms with Gasteiger partial charge in [-0.1, -0.05) is 18.2 Å². The van der Waals surface area contributed by atoms with Crippen molar-refractivity contribution in [3.8, 4) is 6.07 Å². The minimum absolute atomic E-state index is 0.158. The largest absolute Gasteiger partial charge is 0.278 e. The van der Waals surface area contributed by atoms with Crippen LogP contribution in [0, 0.1) is 17.2 Å². The van der Waals surface area contributed by atoms with Gasteiger partial charge < -0.3 is 0 Å². The van der Waals surface area contributed by atoms with Gasteiger partial charge in [0.1, 0.15) is 0 Å². The van der Waals surface area contributed by atoms with Crippen LogP contribution in [0.5, 0.6) is 0 Å². The molecule has 6 nitrogen and oxygen atoms in total. The summed E-state index contributed by atoms with van der Waals surface area (Å²) < 4.78 is 1.68. The molecule has 1 fully saturated rings. The molecular formula is C17H16N4O2. The summed E-state index contributed by atoms with van der Waals surface area (Å²) >= 11 is 0. The van der Waals surface area contributed by atoms with E-state index in [2.05, 4.69) is 11.2 Å². The fourth-order valence-corrected chi connectivity index (χ4v) is 2.88. The number of amides is 2. The minimum atomic E-state index is -0.346. The Hall–Kier alpha value is -2.94. The van der Waals surface area contributed by atoms with E-state index in [1.54, 1.807) is 35.1 Å². The zero-order valence-corrected chi connectivity index (χ0v) is 12.8. The topological polar surface area (TPSA) is 79.0 Å². The average molecular weight is 308 g/mol. The van der Waals surface area contributed by atoms with Crippen LogP contribution in [0.3, 0.4) is 0 Å². The van der Waals surface area contributed by atoms with Gasteiger partial charge in [-0.3, -0.25) is 19.2 Å². The number of benzene rings is 1. The third-order valence-electron chi connectivity index (χ3n) is 4.04. The third-order valence-corrected chi connectivity index (χ3v) is 4.04. The van der Waals surface area contributed by atoms with E-state index in [1.807, 2.05) is 13.2 Å². The lowest BCUT2D eigenvalue weighted by molar-refractivity contribution is -0.140. The summed E-state index contributed by atoms with van der Waals surface area (Å²) in [5.74, 6) is -0.704. The number of hydrogen-bond acceptors (Lipinski definition) is 4. The molecule has 1 atom stereocenters. The highest BCUT2D eigenvalue weighted by atomic mass is 16.2. The summed E-state index contributed by atoms with van der Waals surface area (Å²) in [5.41, 5.74) is 2.13. The Morgan fingerprint density at radius 2 is 2.13 bits per heavy atom. The summed E-state index contributed by atoms with van der Waals surface area (Å²) in [6.07, 6.45) is 4.29. The number of imide groups is 1. The summed E-state index contributed by atoms with van der Waals surface area (Å²) in [6.45, 7) is 0.158. The van der Waals surface area contributed by atoms with Crippen LogP contribution in [0.25, 0.3) is 0 Å². The van der Waals surface area contributed by atoms with Crippen molar-refractivity contribution in [1.29, 1.82) is 5.26 Å². The Labute approximate surface area is 133 Å². The Kier molecular flexibility index (Phi) is 3.94. The molecule has 1 aliphatic heterocycles. The zero-order valence-electron chi connectivity index (χ0n) is 12.8. The highest BCUT2D eigenvalue weighted by molar-refractivity contribution is 6.03. The van der Waals surface area contributed by atoms with Crippen molar-refractivity contribution in [1.82, 2.24) is 14.7 Å². The maximum atomic E-state index is 12.5. The molecule has 1 saturated heterocycles. The molecule has 2 amide bonds. The molecule has 2 aromatic rings. The van der Waals surface area contributed by atoms with E-state index >= 15 is 0 Å². The molecule has 116 valence electrons. The first-order chi connectivity index (χ1) is 11.1. The third kappa shape index (κ3) is 2.99. The molecule has 0 saturated carbocycles. The smallest absolute Gasteiger partial charge is 0.233 e. The molecule has 0 N–H and O–H groups in total. The highest BCUT2D eigenvalue weighted by Gasteiger charge is 2.38. The fraction of sp³-hybridized carbons (Fsp3) is 0.294. The average Bonchev–Trinajstić information content (AvgIpc) is 3.06. The maximum absolute atomic E-state index is 12.5. The van der Waals surface area contributed by atoms with E-state index in [0.717, 1.165) is 5.56 Å². The maximum Gasteiger partial charge on any atom is 0.233 e. The van der Waals surface area contributed by atoms with Crippen molar-refractivity contribution in [2.24, 2.45) is 13.0 Å². The van der Waals surface area contributed by atoms with Crippen molar-refractivity contribution in [2.45, 2.75) is 19.4 Å². The molecule has 3 rings (SSSR count). The lowest BCUT2D eigenvalue weighted by Crippen LogP contribution is -2.30. The Balaban J connectivity index is 1.75. The van der Waals surface area contributed by atoms with Gasteiger partial charge in [0, 0.05) is 19.7 Å². The first-order valence-corrected chi connectivity index (χ1v) is 7.38. The molecule has 0 bridgehead atoms. The van der Waals surface area contributed by atoms with Crippen molar-refractivity contribution in [3.63, 3.8) is 0 Å². The Bertz CT molecular complexity index is 803. The normalized spacial score (nSPS) is 17.6. The van der Waals surface area contributed by atoms with Gasteiger partial charge in [-0.15, -0.1) is 0 Å². The molecule has 23 heavy (non-hydrogen) atoms. The number of nitriles is 1. The highest BCUT2D eigenvalue weighted by Crippen LogP contribution is 2.25. The van der Waals surface area contributed by atoms with Gasteiger partial charge in [-0.25, -0.2) is 0 Å². The molecular weight excluding hydrogens is 292 g/mol.